The second-order valence-electron chi connectivity index (χ2n) is 4.60. The largest absolute Gasteiger partial charge is 0.373 e. The average molecular weight is 266 g/mol. The van der Waals surface area contributed by atoms with Gasteiger partial charge in [0, 0.05) is 26.2 Å². The van der Waals surface area contributed by atoms with Crippen LogP contribution in [-0.4, -0.2) is 30.0 Å². The Morgan fingerprint density at radius 2 is 2.16 bits per heavy atom. The van der Waals surface area contributed by atoms with Crippen LogP contribution in [-0.2, 0) is 0 Å². The molecule has 19 heavy (non-hydrogen) atoms. The molecule has 0 fully saturated rings. The van der Waals surface area contributed by atoms with E-state index in [0.29, 0.717) is 24.1 Å². The molecule has 0 aliphatic carbocycles. The fraction of sp³-hybridized carbons (Fsp3) is 0.615. The van der Waals surface area contributed by atoms with Crippen molar-refractivity contribution >= 4 is 17.3 Å². The lowest BCUT2D eigenvalue weighted by Gasteiger charge is -2.25. The van der Waals surface area contributed by atoms with Gasteiger partial charge in [-0.05, 0) is 18.9 Å². The minimum absolute atomic E-state index is 0.0594. The van der Waals surface area contributed by atoms with E-state index in [9.17, 15) is 10.1 Å². The zero-order chi connectivity index (χ0) is 14.4. The highest BCUT2D eigenvalue weighted by molar-refractivity contribution is 5.61. The van der Waals surface area contributed by atoms with E-state index in [1.54, 1.807) is 13.1 Å². The molecule has 0 aromatic carbocycles. The number of hydrogen-bond acceptors (Lipinski definition) is 5. The first-order valence-electron chi connectivity index (χ1n) is 6.61. The number of nitrogens with one attached hydrogen (secondary N) is 1. The predicted molar refractivity (Wildman–Crippen MR) is 77.8 cm³/mol. The SMILES string of the molecule is CCC(C)CN(CC)c1nc(NC)ccc1[N+](=O)[O-]. The third-order valence-corrected chi connectivity index (χ3v) is 3.22. The van der Waals surface area contributed by atoms with Crippen molar-refractivity contribution in [2.75, 3.05) is 30.4 Å². The van der Waals surface area contributed by atoms with Crippen molar-refractivity contribution < 1.29 is 4.92 Å². The summed E-state index contributed by atoms with van der Waals surface area (Å²) >= 11 is 0. The molecule has 1 aromatic heterocycles. The normalized spacial score (nSPS) is 12.0. The van der Waals surface area contributed by atoms with Crippen LogP contribution in [0.4, 0.5) is 17.3 Å². The van der Waals surface area contributed by atoms with Gasteiger partial charge in [-0.25, -0.2) is 4.98 Å². The highest BCUT2D eigenvalue weighted by atomic mass is 16.6. The molecule has 1 atom stereocenters. The Morgan fingerprint density at radius 3 is 2.63 bits per heavy atom. The number of rotatable bonds is 7. The molecule has 6 heteroatoms. The predicted octanol–water partition coefficient (Wildman–Crippen LogP) is 2.90. The van der Waals surface area contributed by atoms with Gasteiger partial charge >= 0.3 is 5.69 Å². The molecule has 0 spiro atoms. The van der Waals surface area contributed by atoms with Gasteiger partial charge in [0.25, 0.3) is 0 Å². The first-order chi connectivity index (χ1) is 9.03. The maximum absolute atomic E-state index is 11.1. The van der Waals surface area contributed by atoms with E-state index in [0.717, 1.165) is 13.0 Å². The van der Waals surface area contributed by atoms with Gasteiger partial charge in [-0.1, -0.05) is 20.3 Å². The molecule has 0 saturated carbocycles. The molecule has 1 heterocycles. The first kappa shape index (κ1) is 15.2. The van der Waals surface area contributed by atoms with Crippen molar-refractivity contribution in [2.45, 2.75) is 27.2 Å². The molecular weight excluding hydrogens is 244 g/mol. The Hall–Kier alpha value is -1.85. The van der Waals surface area contributed by atoms with Crippen LogP contribution in [0.15, 0.2) is 12.1 Å². The Morgan fingerprint density at radius 1 is 1.47 bits per heavy atom. The molecule has 0 aliphatic rings. The smallest absolute Gasteiger partial charge is 0.311 e. The van der Waals surface area contributed by atoms with Gasteiger partial charge in [-0.15, -0.1) is 0 Å². The lowest BCUT2D eigenvalue weighted by atomic mass is 10.1. The van der Waals surface area contributed by atoms with E-state index >= 15 is 0 Å². The highest BCUT2D eigenvalue weighted by Crippen LogP contribution is 2.28. The van der Waals surface area contributed by atoms with E-state index in [-0.39, 0.29) is 10.6 Å². The summed E-state index contributed by atoms with van der Waals surface area (Å²) in [4.78, 5) is 17.1. The molecule has 0 aliphatic heterocycles. The number of anilines is 2. The summed E-state index contributed by atoms with van der Waals surface area (Å²) in [5, 5.41) is 14.0. The van der Waals surface area contributed by atoms with Crippen LogP contribution in [0.3, 0.4) is 0 Å². The molecule has 0 amide bonds. The Balaban J connectivity index is 3.15. The van der Waals surface area contributed by atoms with E-state index in [4.69, 9.17) is 0 Å². The van der Waals surface area contributed by atoms with Gasteiger partial charge in [0.05, 0.1) is 4.92 Å². The topological polar surface area (TPSA) is 71.3 Å². The molecule has 1 unspecified atom stereocenters. The van der Waals surface area contributed by atoms with Gasteiger partial charge in [0.15, 0.2) is 0 Å². The summed E-state index contributed by atoms with van der Waals surface area (Å²) in [6.07, 6.45) is 1.04. The summed E-state index contributed by atoms with van der Waals surface area (Å²) in [5.74, 6) is 1.56. The zero-order valence-electron chi connectivity index (χ0n) is 12.0. The van der Waals surface area contributed by atoms with Gasteiger partial charge in [-0.2, -0.15) is 0 Å². The molecule has 0 saturated heterocycles. The number of pyridine rings is 1. The molecule has 1 aromatic rings. The monoisotopic (exact) mass is 266 g/mol. The second-order valence-corrected chi connectivity index (χ2v) is 4.60. The van der Waals surface area contributed by atoms with E-state index < -0.39 is 0 Å². The van der Waals surface area contributed by atoms with Crippen LogP contribution >= 0.6 is 0 Å². The van der Waals surface area contributed by atoms with Gasteiger partial charge < -0.3 is 10.2 Å². The summed E-state index contributed by atoms with van der Waals surface area (Å²) in [7, 11) is 1.75. The molecule has 0 bridgehead atoms. The molecular formula is C13H22N4O2. The fourth-order valence-electron chi connectivity index (χ4n) is 1.83. The third kappa shape index (κ3) is 3.81. The molecule has 0 radical (unpaired) electrons. The minimum atomic E-state index is -0.374. The first-order valence-corrected chi connectivity index (χ1v) is 6.61. The van der Waals surface area contributed by atoms with E-state index in [2.05, 4.69) is 24.1 Å². The number of hydrogen-bond donors (Lipinski definition) is 1. The van der Waals surface area contributed by atoms with Crippen LogP contribution in [0.25, 0.3) is 0 Å². The van der Waals surface area contributed by atoms with Crippen LogP contribution in [0.5, 0.6) is 0 Å². The standard InChI is InChI=1S/C13H22N4O2/c1-5-10(3)9-16(6-2)13-11(17(18)19)7-8-12(14-4)15-13/h7-8,10H,5-6,9H2,1-4H3,(H,14,15). The zero-order valence-corrected chi connectivity index (χ0v) is 12.0. The number of aromatic nitrogens is 1. The Bertz CT molecular complexity index is 437. The van der Waals surface area contributed by atoms with Crippen molar-refractivity contribution in [3.63, 3.8) is 0 Å². The molecule has 106 valence electrons. The molecule has 1 rings (SSSR count). The van der Waals surface area contributed by atoms with Crippen LogP contribution < -0.4 is 10.2 Å². The van der Waals surface area contributed by atoms with Crippen LogP contribution in [0.2, 0.25) is 0 Å². The van der Waals surface area contributed by atoms with Crippen molar-refractivity contribution in [3.05, 3.63) is 22.2 Å². The van der Waals surface area contributed by atoms with Crippen molar-refractivity contribution in [2.24, 2.45) is 5.92 Å². The Labute approximate surface area is 114 Å². The highest BCUT2D eigenvalue weighted by Gasteiger charge is 2.21. The van der Waals surface area contributed by atoms with Crippen molar-refractivity contribution in [1.29, 1.82) is 0 Å². The molecule has 6 nitrogen and oxygen atoms in total. The van der Waals surface area contributed by atoms with Crippen molar-refractivity contribution in [1.82, 2.24) is 4.98 Å². The van der Waals surface area contributed by atoms with Crippen LogP contribution in [0, 0.1) is 16.0 Å². The lowest BCUT2D eigenvalue weighted by molar-refractivity contribution is -0.384. The number of nitro groups is 1. The van der Waals surface area contributed by atoms with E-state index in [1.807, 2.05) is 11.8 Å². The average Bonchev–Trinajstić information content (AvgIpc) is 2.43. The second kappa shape index (κ2) is 6.92. The third-order valence-electron chi connectivity index (χ3n) is 3.22. The van der Waals surface area contributed by atoms with Crippen LogP contribution in [0.1, 0.15) is 27.2 Å². The Kier molecular flexibility index (Phi) is 5.54. The minimum Gasteiger partial charge on any atom is -0.373 e. The summed E-state index contributed by atoms with van der Waals surface area (Å²) in [5.41, 5.74) is 0.0594. The van der Waals surface area contributed by atoms with Crippen molar-refractivity contribution in [3.8, 4) is 0 Å². The lowest BCUT2D eigenvalue weighted by Crippen LogP contribution is -2.29. The van der Waals surface area contributed by atoms with E-state index in [1.165, 1.54) is 6.07 Å². The summed E-state index contributed by atoms with van der Waals surface area (Å²) in [6, 6.07) is 3.13. The quantitative estimate of drug-likeness (QED) is 0.607. The summed E-state index contributed by atoms with van der Waals surface area (Å²) < 4.78 is 0. The fourth-order valence-corrected chi connectivity index (χ4v) is 1.83. The van der Waals surface area contributed by atoms with Gasteiger partial charge in [0.1, 0.15) is 5.82 Å². The van der Waals surface area contributed by atoms with Gasteiger partial charge in [-0.3, -0.25) is 10.1 Å². The summed E-state index contributed by atoms with van der Waals surface area (Å²) in [6.45, 7) is 7.71. The van der Waals surface area contributed by atoms with Gasteiger partial charge in [0.2, 0.25) is 5.82 Å². The number of nitrogens with zero attached hydrogens (tertiary/aromatic N) is 3. The maximum atomic E-state index is 11.1. The maximum Gasteiger partial charge on any atom is 0.311 e. The molecule has 1 N–H and O–H groups in total.